The van der Waals surface area contributed by atoms with Crippen LogP contribution in [0.15, 0.2) is 48.7 Å². The number of anilines is 1. The summed E-state index contributed by atoms with van der Waals surface area (Å²) in [7, 11) is 0. The maximum absolute atomic E-state index is 16.4. The molecule has 4 aromatic rings. The summed E-state index contributed by atoms with van der Waals surface area (Å²) in [4.78, 5) is 18.2. The van der Waals surface area contributed by atoms with Crippen LogP contribution in [0.5, 0.6) is 6.01 Å². The van der Waals surface area contributed by atoms with Gasteiger partial charge >= 0.3 is 6.01 Å². The van der Waals surface area contributed by atoms with Crippen molar-refractivity contribution in [2.75, 3.05) is 37.7 Å². The highest BCUT2D eigenvalue weighted by atomic mass is 35.5. The fraction of sp³-hybridized carbons (Fsp3) is 0.433. The zero-order chi connectivity index (χ0) is 26.6. The highest BCUT2D eigenvalue weighted by Gasteiger charge is 2.49. The predicted molar refractivity (Wildman–Crippen MR) is 150 cm³/mol. The lowest BCUT2D eigenvalue weighted by atomic mass is 9.95. The number of ether oxygens (including phenoxy) is 1. The van der Waals surface area contributed by atoms with E-state index < -0.39 is 12.0 Å². The number of benzene rings is 2. The van der Waals surface area contributed by atoms with E-state index >= 15 is 4.39 Å². The molecule has 0 spiro atoms. The summed E-state index contributed by atoms with van der Waals surface area (Å²) in [6, 6.07) is 13.8. The maximum Gasteiger partial charge on any atom is 0.319 e. The molecule has 3 aliphatic heterocycles. The Hall–Kier alpha value is -3.10. The molecule has 2 aromatic heterocycles. The van der Waals surface area contributed by atoms with E-state index in [2.05, 4.69) is 19.8 Å². The molecule has 9 heteroatoms. The van der Waals surface area contributed by atoms with Crippen LogP contribution in [0.2, 0.25) is 0 Å². The van der Waals surface area contributed by atoms with E-state index in [1.165, 1.54) is 0 Å². The van der Waals surface area contributed by atoms with E-state index in [-0.39, 0.29) is 34.7 Å². The van der Waals surface area contributed by atoms with Crippen molar-refractivity contribution in [3.05, 3.63) is 54.5 Å². The first-order valence-corrected chi connectivity index (χ1v) is 14.2. The summed E-state index contributed by atoms with van der Waals surface area (Å²) in [5.74, 6) is 0.0972. The third kappa shape index (κ3) is 4.38. The number of hydrogen-bond donors (Lipinski definition) is 0. The van der Waals surface area contributed by atoms with Crippen molar-refractivity contribution in [2.45, 2.75) is 49.2 Å². The zero-order valence-corrected chi connectivity index (χ0v) is 22.4. The van der Waals surface area contributed by atoms with Gasteiger partial charge in [0.05, 0.1) is 10.9 Å². The molecular weight excluding hydrogens is 520 g/mol. The Kier molecular flexibility index (Phi) is 6.27. The third-order valence-electron chi connectivity index (χ3n) is 8.64. The fourth-order valence-corrected chi connectivity index (χ4v) is 6.85. The summed E-state index contributed by atoms with van der Waals surface area (Å²) in [5, 5.41) is 2.59. The number of halogens is 3. The lowest BCUT2D eigenvalue weighted by molar-refractivity contribution is 0.107. The molecule has 2 atom stereocenters. The lowest BCUT2D eigenvalue weighted by Gasteiger charge is -2.32. The van der Waals surface area contributed by atoms with Crippen molar-refractivity contribution in [1.82, 2.24) is 19.9 Å². The van der Waals surface area contributed by atoms with Crippen LogP contribution in [-0.4, -0.2) is 69.7 Å². The predicted octanol–water partition coefficient (Wildman–Crippen LogP) is 6.15. The van der Waals surface area contributed by atoms with Gasteiger partial charge in [0.1, 0.15) is 29.8 Å². The number of hydrogen-bond acceptors (Lipinski definition) is 6. The molecule has 0 unspecified atom stereocenters. The topological polar surface area (TPSA) is 54.4 Å². The summed E-state index contributed by atoms with van der Waals surface area (Å²) in [6.45, 7) is 3.00. The van der Waals surface area contributed by atoms with Gasteiger partial charge < -0.3 is 9.64 Å². The molecule has 3 fully saturated rings. The molecule has 3 aliphatic rings. The minimum absolute atomic E-state index is 0.112. The van der Waals surface area contributed by atoms with Gasteiger partial charge in [0.2, 0.25) is 0 Å². The molecule has 0 radical (unpaired) electrons. The van der Waals surface area contributed by atoms with E-state index in [1.54, 1.807) is 6.20 Å². The number of fused-ring (bicyclic) bond motifs is 3. The second-order valence-corrected chi connectivity index (χ2v) is 11.7. The molecule has 39 heavy (non-hydrogen) atoms. The van der Waals surface area contributed by atoms with Gasteiger partial charge in [0, 0.05) is 43.2 Å². The second-order valence-electron chi connectivity index (χ2n) is 11.1. The summed E-state index contributed by atoms with van der Waals surface area (Å²) in [6.07, 6.45) is 4.77. The Morgan fingerprint density at radius 1 is 1.03 bits per heavy atom. The molecule has 0 N–H and O–H groups in total. The summed E-state index contributed by atoms with van der Waals surface area (Å²) >= 11 is 6.37. The number of alkyl halides is 2. The van der Waals surface area contributed by atoms with Gasteiger partial charge in [0.15, 0.2) is 5.82 Å². The van der Waals surface area contributed by atoms with E-state index in [9.17, 15) is 4.39 Å². The van der Waals surface area contributed by atoms with Gasteiger partial charge in [-0.3, -0.25) is 9.88 Å². The molecule has 0 aliphatic carbocycles. The summed E-state index contributed by atoms with van der Waals surface area (Å²) < 4.78 is 36.9. The minimum Gasteiger partial charge on any atom is -0.461 e. The van der Waals surface area contributed by atoms with Gasteiger partial charge in [-0.2, -0.15) is 9.97 Å². The Morgan fingerprint density at radius 3 is 2.72 bits per heavy atom. The van der Waals surface area contributed by atoms with Gasteiger partial charge in [-0.05, 0) is 43.0 Å². The first-order chi connectivity index (χ1) is 19.0. The highest BCUT2D eigenvalue weighted by molar-refractivity contribution is 6.20. The van der Waals surface area contributed by atoms with Crippen molar-refractivity contribution in [3.63, 3.8) is 0 Å². The average Bonchev–Trinajstić information content (AvgIpc) is 3.48. The van der Waals surface area contributed by atoms with Gasteiger partial charge in [0.25, 0.3) is 0 Å². The van der Waals surface area contributed by atoms with Crippen molar-refractivity contribution in [3.8, 4) is 17.3 Å². The normalized spacial score (nSPS) is 24.1. The zero-order valence-electron chi connectivity index (χ0n) is 21.6. The maximum atomic E-state index is 16.4. The monoisotopic (exact) mass is 549 g/mol. The van der Waals surface area contributed by atoms with Crippen LogP contribution < -0.4 is 9.64 Å². The Labute approximate surface area is 231 Å². The average molecular weight is 550 g/mol. The van der Waals surface area contributed by atoms with E-state index in [4.69, 9.17) is 21.3 Å². The van der Waals surface area contributed by atoms with Crippen molar-refractivity contribution >= 4 is 39.1 Å². The largest absolute Gasteiger partial charge is 0.461 e. The molecule has 7 rings (SSSR count). The molecule has 0 bridgehead atoms. The van der Waals surface area contributed by atoms with Crippen LogP contribution in [0.25, 0.3) is 32.9 Å². The third-order valence-corrected chi connectivity index (χ3v) is 9.08. The molecule has 5 heterocycles. The Balaban J connectivity index is 1.32. The standard InChI is InChI=1S/C30H30ClF2N5O/c31-20-9-13-37(14-10-20)28-24-16-34-26(23-8-3-6-19-5-1-2-7-22(19)23)25(33)27(24)35-29(36-28)39-18-30-11-4-12-38(30)17-21(32)15-30/h1-3,5-8,16,20-21H,4,9-15,17-18H2/t21-,30+/m1/s1. The number of aromatic nitrogens is 3. The van der Waals surface area contributed by atoms with Gasteiger partial charge in [-0.25, -0.2) is 8.78 Å². The Bertz CT molecular complexity index is 1540. The minimum atomic E-state index is -0.856. The van der Waals surface area contributed by atoms with Crippen molar-refractivity contribution in [2.24, 2.45) is 0 Å². The lowest BCUT2D eigenvalue weighted by Crippen LogP contribution is -2.43. The number of rotatable bonds is 5. The van der Waals surface area contributed by atoms with Crippen LogP contribution >= 0.6 is 11.6 Å². The molecule has 6 nitrogen and oxygen atoms in total. The first-order valence-electron chi connectivity index (χ1n) is 13.8. The van der Waals surface area contributed by atoms with Crippen LogP contribution in [0.3, 0.4) is 0 Å². The van der Waals surface area contributed by atoms with E-state index in [0.29, 0.717) is 42.8 Å². The quantitative estimate of drug-likeness (QED) is 0.278. The smallest absolute Gasteiger partial charge is 0.319 e. The molecule has 0 saturated carbocycles. The van der Waals surface area contributed by atoms with Crippen LogP contribution in [0.4, 0.5) is 14.6 Å². The number of pyridine rings is 1. The summed E-state index contributed by atoms with van der Waals surface area (Å²) in [5.41, 5.74) is 0.778. The number of piperidine rings is 1. The highest BCUT2D eigenvalue weighted by Crippen LogP contribution is 2.41. The van der Waals surface area contributed by atoms with E-state index in [1.807, 2.05) is 42.5 Å². The van der Waals surface area contributed by atoms with Crippen LogP contribution in [-0.2, 0) is 0 Å². The first kappa shape index (κ1) is 24.9. The van der Waals surface area contributed by atoms with Crippen molar-refractivity contribution in [1.29, 1.82) is 0 Å². The molecule has 0 amide bonds. The molecule has 2 aromatic carbocycles. The van der Waals surface area contributed by atoms with E-state index in [0.717, 1.165) is 43.0 Å². The van der Waals surface area contributed by atoms with Crippen molar-refractivity contribution < 1.29 is 13.5 Å². The molecule has 202 valence electrons. The van der Waals surface area contributed by atoms with Crippen LogP contribution in [0, 0.1) is 5.82 Å². The SMILES string of the molecule is Fc1c(-c2cccc3ccccc23)ncc2c(N3CCC(Cl)CC3)nc(OC[C@@]34CCCN3C[C@H](F)C4)nc12. The van der Waals surface area contributed by atoms with Crippen LogP contribution in [0.1, 0.15) is 32.1 Å². The van der Waals surface area contributed by atoms with Gasteiger partial charge in [-0.1, -0.05) is 42.5 Å². The van der Waals surface area contributed by atoms with Gasteiger partial charge in [-0.15, -0.1) is 11.6 Å². The second kappa shape index (κ2) is 9.82. The fourth-order valence-electron chi connectivity index (χ4n) is 6.65. The number of nitrogens with zero attached hydrogens (tertiary/aromatic N) is 5. The molecular formula is C30H30ClF2N5O. The Morgan fingerprint density at radius 2 is 1.85 bits per heavy atom. The molecule has 3 saturated heterocycles.